The van der Waals surface area contributed by atoms with Crippen LogP contribution < -0.4 is 10.1 Å². The summed E-state index contributed by atoms with van der Waals surface area (Å²) in [5.74, 6) is 0.977. The van der Waals surface area contributed by atoms with Gasteiger partial charge in [0.05, 0.1) is 6.61 Å². The molecule has 1 aliphatic rings. The van der Waals surface area contributed by atoms with Crippen molar-refractivity contribution in [1.82, 2.24) is 10.2 Å². The van der Waals surface area contributed by atoms with Gasteiger partial charge in [-0.05, 0) is 58.3 Å². The monoisotopic (exact) mass is 276 g/mol. The van der Waals surface area contributed by atoms with E-state index >= 15 is 0 Å². The molecule has 0 unspecified atom stereocenters. The molecule has 1 aromatic rings. The summed E-state index contributed by atoms with van der Waals surface area (Å²) in [4.78, 5) is 2.51. The molecule has 0 heterocycles. The van der Waals surface area contributed by atoms with Gasteiger partial charge in [0.25, 0.3) is 0 Å². The van der Waals surface area contributed by atoms with Crippen molar-refractivity contribution in [1.29, 1.82) is 0 Å². The first-order valence-corrected chi connectivity index (χ1v) is 7.85. The first kappa shape index (κ1) is 15.3. The van der Waals surface area contributed by atoms with Crippen LogP contribution in [-0.4, -0.2) is 44.2 Å². The quantitative estimate of drug-likeness (QED) is 0.775. The lowest BCUT2D eigenvalue weighted by Crippen LogP contribution is -2.40. The van der Waals surface area contributed by atoms with Gasteiger partial charge in [0.15, 0.2) is 0 Å². The fourth-order valence-electron chi connectivity index (χ4n) is 3.01. The molecular weight excluding hydrogens is 248 g/mol. The van der Waals surface area contributed by atoms with Crippen molar-refractivity contribution >= 4 is 0 Å². The Morgan fingerprint density at radius 2 is 1.85 bits per heavy atom. The zero-order chi connectivity index (χ0) is 14.2. The van der Waals surface area contributed by atoms with Gasteiger partial charge in [-0.15, -0.1) is 0 Å². The third kappa shape index (κ3) is 4.80. The van der Waals surface area contributed by atoms with Crippen molar-refractivity contribution in [2.24, 2.45) is 0 Å². The third-order valence-electron chi connectivity index (χ3n) is 4.40. The fourth-order valence-corrected chi connectivity index (χ4v) is 3.01. The van der Waals surface area contributed by atoms with Crippen LogP contribution in [0.3, 0.4) is 0 Å². The molecule has 0 amide bonds. The van der Waals surface area contributed by atoms with E-state index in [0.29, 0.717) is 0 Å². The Morgan fingerprint density at radius 1 is 1.15 bits per heavy atom. The molecule has 0 spiro atoms. The van der Waals surface area contributed by atoms with Crippen molar-refractivity contribution < 1.29 is 4.74 Å². The first-order chi connectivity index (χ1) is 9.79. The number of nitrogens with one attached hydrogen (secondary N) is 1. The maximum Gasteiger partial charge on any atom is 0.119 e. The number of nitrogens with zero attached hydrogens (tertiary/aromatic N) is 1. The maximum absolute atomic E-state index is 5.74. The SMILES string of the molecule is CNC1CCC(N(C)CCCOc2ccccc2)CC1. The molecule has 1 aromatic carbocycles. The standard InChI is InChI=1S/C17H28N2O/c1-18-15-9-11-16(12-10-15)19(2)13-6-14-20-17-7-4-3-5-8-17/h3-5,7-8,15-16,18H,6,9-14H2,1-2H3. The van der Waals surface area contributed by atoms with E-state index in [1.54, 1.807) is 0 Å². The Balaban J connectivity index is 1.59. The molecule has 0 saturated heterocycles. The normalized spacial score (nSPS) is 22.9. The molecule has 20 heavy (non-hydrogen) atoms. The van der Waals surface area contributed by atoms with E-state index in [-0.39, 0.29) is 0 Å². The molecule has 0 aromatic heterocycles. The molecule has 1 N–H and O–H groups in total. The summed E-state index contributed by atoms with van der Waals surface area (Å²) in [7, 11) is 4.34. The van der Waals surface area contributed by atoms with Crippen LogP contribution in [0.4, 0.5) is 0 Å². The van der Waals surface area contributed by atoms with Gasteiger partial charge in [-0.3, -0.25) is 0 Å². The maximum atomic E-state index is 5.74. The molecule has 3 nitrogen and oxygen atoms in total. The van der Waals surface area contributed by atoms with Gasteiger partial charge in [-0.2, -0.15) is 0 Å². The number of benzene rings is 1. The van der Waals surface area contributed by atoms with Gasteiger partial charge in [0.1, 0.15) is 5.75 Å². The average molecular weight is 276 g/mol. The highest BCUT2D eigenvalue weighted by molar-refractivity contribution is 5.20. The van der Waals surface area contributed by atoms with E-state index in [1.165, 1.54) is 25.7 Å². The van der Waals surface area contributed by atoms with Gasteiger partial charge in [0.2, 0.25) is 0 Å². The van der Waals surface area contributed by atoms with Crippen LogP contribution in [0.5, 0.6) is 5.75 Å². The molecule has 2 rings (SSSR count). The van der Waals surface area contributed by atoms with Crippen molar-refractivity contribution in [3.8, 4) is 5.75 Å². The number of para-hydroxylation sites is 1. The minimum absolute atomic E-state index is 0.737. The number of hydrogen-bond acceptors (Lipinski definition) is 3. The molecular formula is C17H28N2O. The van der Waals surface area contributed by atoms with Gasteiger partial charge in [0, 0.05) is 18.6 Å². The van der Waals surface area contributed by atoms with Gasteiger partial charge < -0.3 is 15.0 Å². The highest BCUT2D eigenvalue weighted by Gasteiger charge is 2.22. The lowest BCUT2D eigenvalue weighted by atomic mass is 9.90. The first-order valence-electron chi connectivity index (χ1n) is 7.85. The zero-order valence-corrected chi connectivity index (χ0v) is 12.8. The molecule has 1 fully saturated rings. The largest absolute Gasteiger partial charge is 0.494 e. The number of hydrogen-bond donors (Lipinski definition) is 1. The van der Waals surface area contributed by atoms with E-state index in [2.05, 4.69) is 24.3 Å². The Hall–Kier alpha value is -1.06. The van der Waals surface area contributed by atoms with E-state index in [0.717, 1.165) is 37.4 Å². The Morgan fingerprint density at radius 3 is 2.50 bits per heavy atom. The highest BCUT2D eigenvalue weighted by Crippen LogP contribution is 2.22. The third-order valence-corrected chi connectivity index (χ3v) is 4.40. The molecule has 112 valence electrons. The summed E-state index contributed by atoms with van der Waals surface area (Å²) >= 11 is 0. The van der Waals surface area contributed by atoms with Crippen LogP contribution in [-0.2, 0) is 0 Å². The lowest BCUT2D eigenvalue weighted by Gasteiger charge is -2.34. The predicted octanol–water partition coefficient (Wildman–Crippen LogP) is 2.92. The van der Waals surface area contributed by atoms with Crippen LogP contribution in [0.1, 0.15) is 32.1 Å². The minimum Gasteiger partial charge on any atom is -0.494 e. The lowest BCUT2D eigenvalue weighted by molar-refractivity contribution is 0.165. The summed E-state index contributed by atoms with van der Waals surface area (Å²) in [6, 6.07) is 11.6. The Kier molecular flexibility index (Phi) is 6.34. The van der Waals surface area contributed by atoms with Gasteiger partial charge in [-0.25, -0.2) is 0 Å². The van der Waals surface area contributed by atoms with E-state index < -0.39 is 0 Å². The number of ether oxygens (including phenoxy) is 1. The van der Waals surface area contributed by atoms with Crippen molar-refractivity contribution in [2.45, 2.75) is 44.2 Å². The molecule has 1 saturated carbocycles. The second-order valence-electron chi connectivity index (χ2n) is 5.79. The molecule has 1 aliphatic carbocycles. The summed E-state index contributed by atoms with van der Waals surface area (Å²) < 4.78 is 5.74. The smallest absolute Gasteiger partial charge is 0.119 e. The van der Waals surface area contributed by atoms with Crippen LogP contribution in [0.15, 0.2) is 30.3 Å². The van der Waals surface area contributed by atoms with Crippen molar-refractivity contribution in [3.63, 3.8) is 0 Å². The molecule has 0 radical (unpaired) electrons. The van der Waals surface area contributed by atoms with Crippen LogP contribution >= 0.6 is 0 Å². The summed E-state index contributed by atoms with van der Waals surface area (Å²) in [6.07, 6.45) is 6.36. The predicted molar refractivity (Wildman–Crippen MR) is 84.3 cm³/mol. The van der Waals surface area contributed by atoms with E-state index in [1.807, 2.05) is 30.3 Å². The Labute approximate surface area is 123 Å². The minimum atomic E-state index is 0.737. The molecule has 0 bridgehead atoms. The molecule has 0 atom stereocenters. The fraction of sp³-hybridized carbons (Fsp3) is 0.647. The zero-order valence-electron chi connectivity index (χ0n) is 12.8. The van der Waals surface area contributed by atoms with E-state index in [4.69, 9.17) is 4.74 Å². The molecule has 0 aliphatic heterocycles. The molecule has 3 heteroatoms. The highest BCUT2D eigenvalue weighted by atomic mass is 16.5. The average Bonchev–Trinajstić information content (AvgIpc) is 2.52. The second kappa shape index (κ2) is 8.28. The topological polar surface area (TPSA) is 24.5 Å². The van der Waals surface area contributed by atoms with Crippen LogP contribution in [0.2, 0.25) is 0 Å². The summed E-state index contributed by atoms with van der Waals surface area (Å²) in [6.45, 7) is 1.93. The summed E-state index contributed by atoms with van der Waals surface area (Å²) in [5.41, 5.74) is 0. The second-order valence-corrected chi connectivity index (χ2v) is 5.79. The number of rotatable bonds is 7. The summed E-state index contributed by atoms with van der Waals surface area (Å²) in [5, 5.41) is 3.40. The van der Waals surface area contributed by atoms with Crippen molar-refractivity contribution in [3.05, 3.63) is 30.3 Å². The van der Waals surface area contributed by atoms with E-state index in [9.17, 15) is 0 Å². The van der Waals surface area contributed by atoms with Crippen molar-refractivity contribution in [2.75, 3.05) is 27.2 Å². The van der Waals surface area contributed by atoms with Crippen LogP contribution in [0, 0.1) is 0 Å². The van der Waals surface area contributed by atoms with Gasteiger partial charge in [-0.1, -0.05) is 18.2 Å². The van der Waals surface area contributed by atoms with Crippen LogP contribution in [0.25, 0.3) is 0 Å². The Bertz CT molecular complexity index is 361. The van der Waals surface area contributed by atoms with Gasteiger partial charge >= 0.3 is 0 Å².